The zero-order valence-electron chi connectivity index (χ0n) is 8.16. The van der Waals surface area contributed by atoms with Crippen LogP contribution in [-0.4, -0.2) is 17.4 Å². The fourth-order valence-electron chi connectivity index (χ4n) is 1.07. The van der Waals surface area contributed by atoms with Crippen LogP contribution in [-0.2, 0) is 4.79 Å². The number of carbonyl (C=O) groups excluding carboxylic acids is 1. The molecule has 0 saturated heterocycles. The average Bonchev–Trinajstić information content (AvgIpc) is 2.14. The molecule has 1 aromatic heterocycles. The van der Waals surface area contributed by atoms with Crippen LogP contribution in [0.3, 0.4) is 0 Å². The number of hydrogen-bond donors (Lipinski definition) is 3. The van der Waals surface area contributed by atoms with Gasteiger partial charge in [-0.2, -0.15) is 0 Å². The molecule has 0 aliphatic rings. The first-order chi connectivity index (χ1) is 7.09. The van der Waals surface area contributed by atoms with E-state index in [0.29, 0.717) is 30.9 Å². The summed E-state index contributed by atoms with van der Waals surface area (Å²) in [6, 6.07) is 1.77. The number of nitrogens with two attached hydrogens (primary N) is 2. The van der Waals surface area contributed by atoms with Crippen molar-refractivity contribution in [3.63, 3.8) is 0 Å². The maximum Gasteiger partial charge on any atom is 0.217 e. The number of anilines is 2. The maximum absolute atomic E-state index is 10.5. The summed E-state index contributed by atoms with van der Waals surface area (Å²) in [6.45, 7) is 0.627. The van der Waals surface area contributed by atoms with Gasteiger partial charge in [-0.25, -0.2) is 4.98 Å². The molecule has 1 amide bonds. The van der Waals surface area contributed by atoms with Crippen molar-refractivity contribution in [1.82, 2.24) is 4.98 Å². The van der Waals surface area contributed by atoms with E-state index in [2.05, 4.69) is 26.2 Å². The zero-order valence-corrected chi connectivity index (χ0v) is 9.75. The van der Waals surface area contributed by atoms with Crippen molar-refractivity contribution in [2.45, 2.75) is 12.8 Å². The second-order valence-electron chi connectivity index (χ2n) is 3.09. The number of nitrogen functional groups attached to an aromatic ring is 1. The highest BCUT2D eigenvalue weighted by atomic mass is 79.9. The van der Waals surface area contributed by atoms with Crippen LogP contribution in [0, 0.1) is 0 Å². The molecule has 5 nitrogen and oxygen atoms in total. The van der Waals surface area contributed by atoms with Crippen LogP contribution in [0.2, 0.25) is 0 Å². The Hall–Kier alpha value is -1.30. The van der Waals surface area contributed by atoms with Crippen LogP contribution < -0.4 is 16.8 Å². The van der Waals surface area contributed by atoms with Crippen molar-refractivity contribution in [3.05, 3.63) is 16.7 Å². The van der Waals surface area contributed by atoms with E-state index < -0.39 is 0 Å². The lowest BCUT2D eigenvalue weighted by Crippen LogP contribution is -2.13. The highest BCUT2D eigenvalue weighted by Gasteiger charge is 2.00. The largest absolute Gasteiger partial charge is 0.396 e. The van der Waals surface area contributed by atoms with Gasteiger partial charge in [0.05, 0.1) is 5.69 Å². The van der Waals surface area contributed by atoms with E-state index in [4.69, 9.17) is 11.5 Å². The van der Waals surface area contributed by atoms with Crippen LogP contribution in [0.25, 0.3) is 0 Å². The van der Waals surface area contributed by atoms with Gasteiger partial charge in [0, 0.05) is 23.6 Å². The Bertz CT molecular complexity index is 356. The predicted octanol–water partition coefficient (Wildman–Crippen LogP) is 1.10. The summed E-state index contributed by atoms with van der Waals surface area (Å²) in [5.74, 6) is 0.330. The number of amides is 1. The lowest BCUT2D eigenvalue weighted by molar-refractivity contribution is -0.118. The standard InChI is InChI=1S/C9H13BrN4O/c10-6-4-7(11)9(14-5-6)13-3-1-2-8(12)15/h4-5H,1-3,11H2,(H2,12,15)(H,13,14). The number of pyridine rings is 1. The van der Waals surface area contributed by atoms with Gasteiger partial charge in [0.2, 0.25) is 5.91 Å². The van der Waals surface area contributed by atoms with Gasteiger partial charge in [0.15, 0.2) is 0 Å². The lowest BCUT2D eigenvalue weighted by Gasteiger charge is -2.07. The molecule has 0 aromatic carbocycles. The highest BCUT2D eigenvalue weighted by Crippen LogP contribution is 2.19. The third-order valence-electron chi connectivity index (χ3n) is 1.78. The van der Waals surface area contributed by atoms with Gasteiger partial charge in [-0.3, -0.25) is 4.79 Å². The van der Waals surface area contributed by atoms with E-state index in [0.717, 1.165) is 4.47 Å². The van der Waals surface area contributed by atoms with Gasteiger partial charge in [-0.1, -0.05) is 0 Å². The summed E-state index contributed by atoms with van der Waals surface area (Å²) < 4.78 is 0.836. The number of hydrogen-bond acceptors (Lipinski definition) is 4. The molecule has 0 radical (unpaired) electrons. The zero-order chi connectivity index (χ0) is 11.3. The lowest BCUT2D eigenvalue weighted by atomic mass is 10.3. The minimum Gasteiger partial charge on any atom is -0.396 e. The number of aromatic nitrogens is 1. The molecule has 82 valence electrons. The summed E-state index contributed by atoms with van der Waals surface area (Å²) in [4.78, 5) is 14.6. The SMILES string of the molecule is NC(=O)CCCNc1ncc(Br)cc1N. The Morgan fingerprint density at radius 3 is 2.93 bits per heavy atom. The van der Waals surface area contributed by atoms with E-state index in [1.807, 2.05) is 0 Å². The molecule has 0 saturated carbocycles. The summed E-state index contributed by atoms with van der Waals surface area (Å²) in [5.41, 5.74) is 11.3. The quantitative estimate of drug-likeness (QED) is 0.700. The van der Waals surface area contributed by atoms with Crippen molar-refractivity contribution >= 4 is 33.3 Å². The topological polar surface area (TPSA) is 94.0 Å². The first-order valence-corrected chi connectivity index (χ1v) is 5.32. The highest BCUT2D eigenvalue weighted by molar-refractivity contribution is 9.10. The molecular weight excluding hydrogens is 260 g/mol. The fraction of sp³-hybridized carbons (Fsp3) is 0.333. The van der Waals surface area contributed by atoms with Gasteiger partial charge < -0.3 is 16.8 Å². The average molecular weight is 273 g/mol. The first-order valence-electron chi connectivity index (χ1n) is 4.53. The Morgan fingerprint density at radius 1 is 1.60 bits per heavy atom. The fourth-order valence-corrected chi connectivity index (χ4v) is 1.42. The molecule has 0 aliphatic heterocycles. The molecule has 0 aliphatic carbocycles. The van der Waals surface area contributed by atoms with Gasteiger partial charge in [-0.05, 0) is 28.4 Å². The number of nitrogens with zero attached hydrogens (tertiary/aromatic N) is 1. The number of carbonyl (C=O) groups is 1. The normalized spacial score (nSPS) is 9.93. The van der Waals surface area contributed by atoms with Crippen molar-refractivity contribution in [2.24, 2.45) is 5.73 Å². The number of nitrogens with one attached hydrogen (secondary N) is 1. The van der Waals surface area contributed by atoms with Crippen LogP contribution in [0.5, 0.6) is 0 Å². The van der Waals surface area contributed by atoms with Crippen molar-refractivity contribution in [2.75, 3.05) is 17.6 Å². The Kier molecular flexibility index (Phi) is 4.36. The smallest absolute Gasteiger partial charge is 0.217 e. The van der Waals surface area contributed by atoms with Crippen LogP contribution in [0.4, 0.5) is 11.5 Å². The van der Waals surface area contributed by atoms with Crippen LogP contribution >= 0.6 is 15.9 Å². The third kappa shape index (κ3) is 4.16. The van der Waals surface area contributed by atoms with E-state index >= 15 is 0 Å². The van der Waals surface area contributed by atoms with Gasteiger partial charge >= 0.3 is 0 Å². The minimum atomic E-state index is -0.298. The predicted molar refractivity (Wildman–Crippen MR) is 63.3 cm³/mol. The van der Waals surface area contributed by atoms with E-state index in [1.165, 1.54) is 0 Å². The molecule has 0 spiro atoms. The third-order valence-corrected chi connectivity index (χ3v) is 2.21. The van der Waals surface area contributed by atoms with Gasteiger partial charge in [0.1, 0.15) is 5.82 Å². The summed E-state index contributed by atoms with van der Waals surface area (Å²) in [6.07, 6.45) is 2.70. The Balaban J connectivity index is 2.40. The number of halogens is 1. The molecule has 5 N–H and O–H groups in total. The molecule has 1 rings (SSSR count). The summed E-state index contributed by atoms with van der Waals surface area (Å²) in [7, 11) is 0. The van der Waals surface area contributed by atoms with Gasteiger partial charge in [0.25, 0.3) is 0 Å². The maximum atomic E-state index is 10.5. The molecule has 0 atom stereocenters. The molecule has 0 bridgehead atoms. The number of rotatable bonds is 5. The minimum absolute atomic E-state index is 0.298. The molecule has 15 heavy (non-hydrogen) atoms. The molecule has 6 heteroatoms. The second kappa shape index (κ2) is 5.55. The summed E-state index contributed by atoms with van der Waals surface area (Å²) >= 11 is 3.27. The van der Waals surface area contributed by atoms with E-state index in [-0.39, 0.29) is 5.91 Å². The van der Waals surface area contributed by atoms with Crippen molar-refractivity contribution < 1.29 is 4.79 Å². The summed E-state index contributed by atoms with van der Waals surface area (Å²) in [5, 5.41) is 3.03. The van der Waals surface area contributed by atoms with Crippen LogP contribution in [0.1, 0.15) is 12.8 Å². The van der Waals surface area contributed by atoms with E-state index in [9.17, 15) is 4.79 Å². The molecule has 1 aromatic rings. The molecule has 0 unspecified atom stereocenters. The Morgan fingerprint density at radius 2 is 2.33 bits per heavy atom. The molecular formula is C9H13BrN4O. The van der Waals surface area contributed by atoms with Crippen molar-refractivity contribution in [3.8, 4) is 0 Å². The van der Waals surface area contributed by atoms with Crippen LogP contribution in [0.15, 0.2) is 16.7 Å². The molecule has 1 heterocycles. The van der Waals surface area contributed by atoms with Crippen molar-refractivity contribution in [1.29, 1.82) is 0 Å². The van der Waals surface area contributed by atoms with Gasteiger partial charge in [-0.15, -0.1) is 0 Å². The van der Waals surface area contributed by atoms with E-state index in [1.54, 1.807) is 12.3 Å². The molecule has 0 fully saturated rings. The number of primary amides is 1. The second-order valence-corrected chi connectivity index (χ2v) is 4.00. The Labute approximate surface area is 96.4 Å². The first kappa shape index (κ1) is 11.8. The monoisotopic (exact) mass is 272 g/mol.